The summed E-state index contributed by atoms with van der Waals surface area (Å²) in [5, 5.41) is 3.98. The summed E-state index contributed by atoms with van der Waals surface area (Å²) in [6.07, 6.45) is 4.84. The lowest BCUT2D eigenvalue weighted by molar-refractivity contribution is -0.123. The van der Waals surface area contributed by atoms with Gasteiger partial charge in [0.25, 0.3) is 5.91 Å². The lowest BCUT2D eigenvalue weighted by Gasteiger charge is -2.12. The number of hydrazone groups is 1. The number of nitrogens with zero attached hydrogens (tertiary/aromatic N) is 1. The Morgan fingerprint density at radius 3 is 2.38 bits per heavy atom. The summed E-state index contributed by atoms with van der Waals surface area (Å²) in [6.45, 7) is 8.29. The molecule has 0 aliphatic rings. The molecule has 3 aromatic carbocycles. The standard InChI is InChI=1S/C31H34N2O7/c1-5-8-22-9-15-26(28(18-22)36-4)39-21-30(34)33-32-20-23-10-16-27(29(19-23)37-7-3)40-31(35)24-11-13-25(14-12-24)38-17-6-2/h5,9-16,18-20H,1,6-8,17,21H2,2-4H3,(H,33,34)/b32-20+. The van der Waals surface area contributed by atoms with Crippen molar-refractivity contribution < 1.29 is 33.3 Å². The largest absolute Gasteiger partial charge is 0.494 e. The van der Waals surface area contributed by atoms with Gasteiger partial charge in [-0.2, -0.15) is 5.10 Å². The first kappa shape index (κ1) is 29.8. The van der Waals surface area contributed by atoms with E-state index >= 15 is 0 Å². The van der Waals surface area contributed by atoms with Gasteiger partial charge in [0.1, 0.15) is 5.75 Å². The van der Waals surface area contributed by atoms with E-state index in [9.17, 15) is 9.59 Å². The van der Waals surface area contributed by atoms with Gasteiger partial charge in [-0.25, -0.2) is 10.2 Å². The Kier molecular flexibility index (Phi) is 11.6. The van der Waals surface area contributed by atoms with Crippen molar-refractivity contribution in [1.29, 1.82) is 0 Å². The molecule has 0 bridgehead atoms. The van der Waals surface area contributed by atoms with Crippen LogP contribution in [0.4, 0.5) is 0 Å². The minimum atomic E-state index is -0.524. The zero-order valence-electron chi connectivity index (χ0n) is 23.0. The van der Waals surface area contributed by atoms with Crippen LogP contribution in [0, 0.1) is 0 Å². The molecule has 210 valence electrons. The van der Waals surface area contributed by atoms with Crippen LogP contribution in [0.3, 0.4) is 0 Å². The maximum absolute atomic E-state index is 12.7. The second kappa shape index (κ2) is 15.6. The molecule has 0 aromatic heterocycles. The van der Waals surface area contributed by atoms with Crippen LogP contribution in [0.2, 0.25) is 0 Å². The van der Waals surface area contributed by atoms with Crippen LogP contribution in [0.15, 0.2) is 78.4 Å². The van der Waals surface area contributed by atoms with Gasteiger partial charge in [0, 0.05) is 0 Å². The van der Waals surface area contributed by atoms with Crippen LogP contribution >= 0.6 is 0 Å². The first-order valence-corrected chi connectivity index (χ1v) is 12.9. The van der Waals surface area contributed by atoms with Crippen molar-refractivity contribution in [3.8, 4) is 28.7 Å². The minimum absolute atomic E-state index is 0.251. The summed E-state index contributed by atoms with van der Waals surface area (Å²) in [4.78, 5) is 24.9. The number of esters is 1. The van der Waals surface area contributed by atoms with E-state index in [0.717, 1.165) is 12.0 Å². The van der Waals surface area contributed by atoms with Crippen LogP contribution in [0.1, 0.15) is 41.8 Å². The smallest absolute Gasteiger partial charge is 0.343 e. The summed E-state index contributed by atoms with van der Waals surface area (Å²) >= 11 is 0. The zero-order chi connectivity index (χ0) is 28.7. The Labute approximate surface area is 234 Å². The zero-order valence-corrected chi connectivity index (χ0v) is 23.0. The Morgan fingerprint density at radius 2 is 1.68 bits per heavy atom. The predicted molar refractivity (Wildman–Crippen MR) is 153 cm³/mol. The highest BCUT2D eigenvalue weighted by Crippen LogP contribution is 2.30. The summed E-state index contributed by atoms with van der Waals surface area (Å²) in [5.74, 6) is 1.32. The number of nitrogens with one attached hydrogen (secondary N) is 1. The van der Waals surface area contributed by atoms with Crippen molar-refractivity contribution in [3.63, 3.8) is 0 Å². The van der Waals surface area contributed by atoms with Crippen molar-refractivity contribution in [2.24, 2.45) is 5.10 Å². The van der Waals surface area contributed by atoms with Crippen LogP contribution in [0.5, 0.6) is 28.7 Å². The third kappa shape index (κ3) is 8.90. The number of carbonyl (C=O) groups excluding carboxylic acids is 2. The molecule has 3 rings (SSSR count). The fourth-order valence-corrected chi connectivity index (χ4v) is 3.50. The summed E-state index contributed by atoms with van der Waals surface area (Å²) in [5.41, 5.74) is 4.45. The highest BCUT2D eigenvalue weighted by molar-refractivity contribution is 5.92. The molecule has 1 amide bonds. The molecule has 0 fully saturated rings. The number of methoxy groups -OCH3 is 1. The van der Waals surface area contributed by atoms with Gasteiger partial charge in [-0.15, -0.1) is 6.58 Å². The topological polar surface area (TPSA) is 105 Å². The van der Waals surface area contributed by atoms with Gasteiger partial charge in [0.2, 0.25) is 0 Å². The van der Waals surface area contributed by atoms with E-state index in [-0.39, 0.29) is 12.4 Å². The van der Waals surface area contributed by atoms with Crippen molar-refractivity contribution in [3.05, 3.63) is 90.0 Å². The van der Waals surface area contributed by atoms with Gasteiger partial charge in [-0.1, -0.05) is 19.1 Å². The Morgan fingerprint density at radius 1 is 0.900 bits per heavy atom. The van der Waals surface area contributed by atoms with E-state index < -0.39 is 11.9 Å². The summed E-state index contributed by atoms with van der Waals surface area (Å²) in [6, 6.07) is 17.2. The molecule has 0 radical (unpaired) electrons. The van der Waals surface area contributed by atoms with Crippen molar-refractivity contribution in [1.82, 2.24) is 5.43 Å². The third-order valence-corrected chi connectivity index (χ3v) is 5.40. The Balaban J connectivity index is 1.57. The number of hydrogen-bond donors (Lipinski definition) is 1. The van der Waals surface area contributed by atoms with E-state index in [1.165, 1.54) is 13.3 Å². The fraction of sp³-hybridized carbons (Fsp3) is 0.258. The quantitative estimate of drug-likeness (QED) is 0.0900. The van der Waals surface area contributed by atoms with E-state index in [2.05, 4.69) is 17.1 Å². The number of amides is 1. The van der Waals surface area contributed by atoms with E-state index in [1.54, 1.807) is 54.6 Å². The van der Waals surface area contributed by atoms with Gasteiger partial charge >= 0.3 is 5.97 Å². The van der Waals surface area contributed by atoms with Crippen molar-refractivity contribution in [2.75, 3.05) is 26.9 Å². The van der Waals surface area contributed by atoms with E-state index in [4.69, 9.17) is 23.7 Å². The molecule has 0 aliphatic carbocycles. The van der Waals surface area contributed by atoms with E-state index in [0.29, 0.717) is 53.8 Å². The van der Waals surface area contributed by atoms with Gasteiger partial charge < -0.3 is 23.7 Å². The average Bonchev–Trinajstić information content (AvgIpc) is 2.97. The molecular weight excluding hydrogens is 512 g/mol. The highest BCUT2D eigenvalue weighted by atomic mass is 16.6. The van der Waals surface area contributed by atoms with Crippen LogP contribution in [0.25, 0.3) is 0 Å². The number of hydrogen-bond acceptors (Lipinski definition) is 8. The molecule has 9 nitrogen and oxygen atoms in total. The van der Waals surface area contributed by atoms with Crippen molar-refractivity contribution in [2.45, 2.75) is 26.7 Å². The number of carbonyl (C=O) groups is 2. The summed E-state index contributed by atoms with van der Waals surface area (Å²) < 4.78 is 27.7. The normalized spacial score (nSPS) is 10.6. The third-order valence-electron chi connectivity index (χ3n) is 5.40. The van der Waals surface area contributed by atoms with Crippen molar-refractivity contribution >= 4 is 18.1 Å². The SMILES string of the molecule is C=CCc1ccc(OCC(=O)N/N=C/c2ccc(OC(=O)c3ccc(OCCC)cc3)c(OCC)c2)c(OC)c1. The number of benzene rings is 3. The van der Waals surface area contributed by atoms with E-state index in [1.807, 2.05) is 26.0 Å². The lowest BCUT2D eigenvalue weighted by atomic mass is 10.1. The minimum Gasteiger partial charge on any atom is -0.494 e. The van der Waals surface area contributed by atoms with Gasteiger partial charge in [-0.05, 0) is 85.5 Å². The molecule has 0 heterocycles. The average molecular weight is 547 g/mol. The molecule has 0 spiro atoms. The molecule has 3 aromatic rings. The van der Waals surface area contributed by atoms with Crippen LogP contribution < -0.4 is 29.1 Å². The highest BCUT2D eigenvalue weighted by Gasteiger charge is 2.14. The lowest BCUT2D eigenvalue weighted by Crippen LogP contribution is -2.24. The fourth-order valence-electron chi connectivity index (χ4n) is 3.50. The first-order chi connectivity index (χ1) is 19.5. The van der Waals surface area contributed by atoms with Crippen LogP contribution in [-0.4, -0.2) is 45.0 Å². The molecule has 0 aliphatic heterocycles. The maximum Gasteiger partial charge on any atom is 0.343 e. The van der Waals surface area contributed by atoms with Gasteiger partial charge in [-0.3, -0.25) is 4.79 Å². The Hall–Kier alpha value is -4.79. The molecule has 0 atom stereocenters. The number of ether oxygens (including phenoxy) is 5. The number of allylic oxidation sites excluding steroid dienone is 1. The molecular formula is C31H34N2O7. The molecule has 9 heteroatoms. The molecule has 0 saturated heterocycles. The second-order valence-corrected chi connectivity index (χ2v) is 8.46. The summed E-state index contributed by atoms with van der Waals surface area (Å²) in [7, 11) is 1.54. The molecule has 40 heavy (non-hydrogen) atoms. The monoisotopic (exact) mass is 546 g/mol. The molecule has 0 saturated carbocycles. The second-order valence-electron chi connectivity index (χ2n) is 8.46. The van der Waals surface area contributed by atoms with Gasteiger partial charge in [0.05, 0.1) is 32.1 Å². The van der Waals surface area contributed by atoms with Crippen LogP contribution in [-0.2, 0) is 11.2 Å². The maximum atomic E-state index is 12.7. The predicted octanol–water partition coefficient (Wildman–Crippen LogP) is 5.36. The van der Waals surface area contributed by atoms with Gasteiger partial charge in [0.15, 0.2) is 29.6 Å². The molecule has 1 N–H and O–H groups in total. The first-order valence-electron chi connectivity index (χ1n) is 12.9. The number of rotatable bonds is 15. The molecule has 0 unspecified atom stereocenters. The Bertz CT molecular complexity index is 1320.